The molecule has 8 nitrogen and oxygen atoms in total. The molecule has 1 aromatic rings. The van der Waals surface area contributed by atoms with E-state index in [4.69, 9.17) is 4.74 Å². The minimum Gasteiger partial charge on any atom is -0.743 e. The molecule has 13 heteroatoms. The first kappa shape index (κ1) is 23.4. The van der Waals surface area contributed by atoms with Gasteiger partial charge in [0.15, 0.2) is 10.1 Å². The Bertz CT molecular complexity index is 854. The fourth-order valence-corrected chi connectivity index (χ4v) is 2.02. The Balaban J connectivity index is 2.57. The summed E-state index contributed by atoms with van der Waals surface area (Å²) in [7, 11) is -6.61. The van der Waals surface area contributed by atoms with E-state index < -0.39 is 46.4 Å². The monoisotopic (exact) mass is 428 g/mol. The Labute approximate surface area is 156 Å². The number of carbonyl (C=O) groups excluding carboxylic acids is 2. The third-order valence-electron chi connectivity index (χ3n) is 3.05. The van der Waals surface area contributed by atoms with Crippen LogP contribution in [0.2, 0.25) is 0 Å². The number of hydrogen-bond acceptors (Lipinski definition) is 7. The van der Waals surface area contributed by atoms with Gasteiger partial charge in [-0.3, -0.25) is 5.32 Å². The van der Waals surface area contributed by atoms with Crippen LogP contribution in [0, 0.1) is 0 Å². The van der Waals surface area contributed by atoms with E-state index in [1.54, 1.807) is 0 Å². The number of halogens is 4. The van der Waals surface area contributed by atoms with Gasteiger partial charge < -0.3 is 14.0 Å². The topological polar surface area (TPSA) is 122 Å². The molecule has 0 aliphatic carbocycles. The molecule has 0 unspecified atom stereocenters. The van der Waals surface area contributed by atoms with Crippen molar-refractivity contribution in [2.45, 2.75) is 24.5 Å². The fourth-order valence-electron chi connectivity index (χ4n) is 1.55. The van der Waals surface area contributed by atoms with E-state index in [0.29, 0.717) is 0 Å². The van der Waals surface area contributed by atoms with Gasteiger partial charge in [-0.25, -0.2) is 18.0 Å². The molecule has 0 spiro atoms. The molecule has 1 aromatic carbocycles. The van der Waals surface area contributed by atoms with Crippen LogP contribution in [0.15, 0.2) is 36.4 Å². The zero-order valence-corrected chi connectivity index (χ0v) is 15.0. The molecule has 0 atom stereocenters. The van der Waals surface area contributed by atoms with E-state index in [0.717, 1.165) is 0 Å². The predicted molar refractivity (Wildman–Crippen MR) is 86.1 cm³/mol. The molecule has 1 amide bonds. The number of rotatable bonds is 8. The number of hydrogen-bond donors (Lipinski definition) is 1. The molecule has 0 radical (unpaired) electrons. The quantitative estimate of drug-likeness (QED) is 0.222. The van der Waals surface area contributed by atoms with E-state index in [9.17, 15) is 40.1 Å². The maximum Gasteiger partial charge on any atom is 0.411 e. The largest absolute Gasteiger partial charge is 0.743 e. The summed E-state index contributed by atoms with van der Waals surface area (Å²) in [5.41, 5.74) is 0.234. The van der Waals surface area contributed by atoms with Crippen molar-refractivity contribution in [2.24, 2.45) is 0 Å². The van der Waals surface area contributed by atoms with Crippen molar-refractivity contribution in [1.29, 1.82) is 0 Å². The Morgan fingerprint density at radius 1 is 1.18 bits per heavy atom. The molecule has 0 aromatic heterocycles. The van der Waals surface area contributed by atoms with Gasteiger partial charge in [-0.1, -0.05) is 6.58 Å². The predicted octanol–water partition coefficient (Wildman–Crippen LogP) is 2.88. The summed E-state index contributed by atoms with van der Waals surface area (Å²) in [6.07, 6.45) is -3.21. The van der Waals surface area contributed by atoms with Crippen LogP contribution in [-0.4, -0.2) is 42.8 Å². The van der Waals surface area contributed by atoms with Gasteiger partial charge in [-0.05, 0) is 31.2 Å². The highest BCUT2D eigenvalue weighted by molar-refractivity contribution is 7.86. The Morgan fingerprint density at radius 3 is 2.18 bits per heavy atom. The molecule has 156 valence electrons. The highest BCUT2D eigenvalue weighted by atomic mass is 32.2. The maximum atomic E-state index is 13.2. The average Bonchev–Trinajstić information content (AvgIpc) is 2.55. The van der Waals surface area contributed by atoms with Crippen LogP contribution in [0.1, 0.15) is 13.3 Å². The summed E-state index contributed by atoms with van der Waals surface area (Å²) in [5, 5.41) is -3.78. The van der Waals surface area contributed by atoms with Crippen LogP contribution >= 0.6 is 0 Å². The molecule has 1 rings (SSSR count). The van der Waals surface area contributed by atoms with Crippen LogP contribution in [0.25, 0.3) is 0 Å². The Kier molecular flexibility index (Phi) is 7.15. The summed E-state index contributed by atoms with van der Waals surface area (Å²) in [5.74, 6) is -5.80. The SMILES string of the molecule is C=C(C)C(=O)Oc1ccc(NC(=O)OCCC(F)(F)C(F)(F)S(=O)(=O)[O-])cc1. The number of alkyl halides is 4. The number of carbonyl (C=O) groups is 2. The van der Waals surface area contributed by atoms with Crippen LogP contribution in [0.5, 0.6) is 5.75 Å². The zero-order valence-electron chi connectivity index (χ0n) is 14.2. The third kappa shape index (κ3) is 5.92. The van der Waals surface area contributed by atoms with Crippen LogP contribution in [0.3, 0.4) is 0 Å². The molecule has 1 N–H and O–H groups in total. The number of nitrogens with one attached hydrogen (secondary N) is 1. The summed E-state index contributed by atoms with van der Waals surface area (Å²) >= 11 is 0. The normalized spacial score (nSPS) is 12.2. The van der Waals surface area contributed by atoms with Gasteiger partial charge in [0.2, 0.25) is 0 Å². The van der Waals surface area contributed by atoms with E-state index in [2.05, 4.69) is 16.6 Å². The number of amides is 1. The van der Waals surface area contributed by atoms with Crippen LogP contribution in [0.4, 0.5) is 28.0 Å². The van der Waals surface area contributed by atoms with Gasteiger partial charge in [0, 0.05) is 11.3 Å². The van der Waals surface area contributed by atoms with E-state index in [1.165, 1.54) is 31.2 Å². The van der Waals surface area contributed by atoms with E-state index in [1.807, 2.05) is 0 Å². The summed E-state index contributed by atoms with van der Waals surface area (Å²) in [6.45, 7) is 3.52. The molecule has 0 saturated carbocycles. The minimum atomic E-state index is -6.61. The minimum absolute atomic E-state index is 0.0827. The van der Waals surface area contributed by atoms with Crippen molar-refractivity contribution in [3.63, 3.8) is 0 Å². The second-order valence-electron chi connectivity index (χ2n) is 5.38. The number of benzene rings is 1. The molecule has 0 fully saturated rings. The highest BCUT2D eigenvalue weighted by Gasteiger charge is 2.61. The van der Waals surface area contributed by atoms with Crippen molar-refractivity contribution in [2.75, 3.05) is 11.9 Å². The van der Waals surface area contributed by atoms with Crippen molar-refractivity contribution >= 4 is 27.9 Å². The lowest BCUT2D eigenvalue weighted by molar-refractivity contribution is -0.168. The molecule has 0 aliphatic rings. The Morgan fingerprint density at radius 2 is 1.71 bits per heavy atom. The van der Waals surface area contributed by atoms with Gasteiger partial charge in [0.1, 0.15) is 5.75 Å². The summed E-state index contributed by atoms with van der Waals surface area (Å²) in [4.78, 5) is 22.8. The van der Waals surface area contributed by atoms with Crippen molar-refractivity contribution in [3.8, 4) is 5.75 Å². The zero-order chi connectivity index (χ0) is 21.8. The number of esters is 1. The lowest BCUT2D eigenvalue weighted by Crippen LogP contribution is -2.47. The first-order chi connectivity index (χ1) is 12.7. The molecule has 0 saturated heterocycles. The van der Waals surface area contributed by atoms with Gasteiger partial charge in [-0.15, -0.1) is 0 Å². The maximum absolute atomic E-state index is 13.2. The summed E-state index contributed by atoms with van der Waals surface area (Å²) in [6, 6.07) is 5.08. The van der Waals surface area contributed by atoms with Gasteiger partial charge in [0.05, 0.1) is 13.0 Å². The standard InChI is InChI=1S/C15H15F4NO7S/c1-9(2)12(21)27-11-5-3-10(4-6-11)20-13(22)26-8-7-14(16,17)15(18,19)28(23,24)25/h3-6H,1,7-8H2,2H3,(H,20,22)(H,23,24,25)/p-1. The number of ether oxygens (including phenoxy) is 2. The molecule has 0 bridgehead atoms. The van der Waals surface area contributed by atoms with Gasteiger partial charge in [-0.2, -0.15) is 17.6 Å². The lowest BCUT2D eigenvalue weighted by atomic mass is 10.2. The second-order valence-corrected chi connectivity index (χ2v) is 6.80. The van der Waals surface area contributed by atoms with E-state index >= 15 is 0 Å². The molecule has 0 heterocycles. The summed E-state index contributed by atoms with van der Waals surface area (Å²) < 4.78 is 92.0. The third-order valence-corrected chi connectivity index (χ3v) is 3.98. The molecular weight excluding hydrogens is 414 g/mol. The van der Waals surface area contributed by atoms with Crippen molar-refractivity contribution in [3.05, 3.63) is 36.4 Å². The van der Waals surface area contributed by atoms with Crippen LogP contribution in [-0.2, 0) is 19.6 Å². The molecule has 0 aliphatic heterocycles. The van der Waals surface area contributed by atoms with Crippen molar-refractivity contribution < 1.29 is 49.6 Å². The lowest BCUT2D eigenvalue weighted by Gasteiger charge is -2.28. The first-order valence-corrected chi connectivity index (χ1v) is 8.71. The second kappa shape index (κ2) is 8.56. The molecular formula is C15H14F4NO7S-. The number of anilines is 1. The van der Waals surface area contributed by atoms with E-state index in [-0.39, 0.29) is 17.0 Å². The van der Waals surface area contributed by atoms with Gasteiger partial charge >= 0.3 is 23.2 Å². The fraction of sp³-hybridized carbons (Fsp3) is 0.333. The smallest absolute Gasteiger partial charge is 0.411 e. The Hall–Kier alpha value is -2.67. The van der Waals surface area contributed by atoms with Crippen molar-refractivity contribution in [1.82, 2.24) is 0 Å². The first-order valence-electron chi connectivity index (χ1n) is 7.30. The average molecular weight is 428 g/mol. The van der Waals surface area contributed by atoms with Crippen LogP contribution < -0.4 is 10.1 Å². The molecule has 28 heavy (non-hydrogen) atoms. The highest BCUT2D eigenvalue weighted by Crippen LogP contribution is 2.40. The van der Waals surface area contributed by atoms with Gasteiger partial charge in [0.25, 0.3) is 0 Å².